The number of amides is 1. The summed E-state index contributed by atoms with van der Waals surface area (Å²) in [6.45, 7) is 0.281. The molecule has 2 atom stereocenters. The summed E-state index contributed by atoms with van der Waals surface area (Å²) in [6.07, 6.45) is 3.12. The molecule has 0 aliphatic heterocycles. The lowest BCUT2D eigenvalue weighted by Crippen LogP contribution is -2.29. The number of oxazole rings is 1. The number of aliphatic carboxylic acids is 1. The fraction of sp³-hybridized carbons (Fsp3) is 0.353. The van der Waals surface area contributed by atoms with Crippen LogP contribution in [-0.2, 0) is 16.1 Å². The second-order valence-electron chi connectivity index (χ2n) is 5.77. The summed E-state index contributed by atoms with van der Waals surface area (Å²) in [4.78, 5) is 27.4. The quantitative estimate of drug-likeness (QED) is 0.884. The lowest BCUT2D eigenvalue weighted by molar-refractivity contribution is -0.141. The van der Waals surface area contributed by atoms with Gasteiger partial charge in [0.2, 0.25) is 11.8 Å². The van der Waals surface area contributed by atoms with Gasteiger partial charge in [0.15, 0.2) is 0 Å². The van der Waals surface area contributed by atoms with Gasteiger partial charge in [0.05, 0.1) is 18.2 Å². The zero-order valence-electron chi connectivity index (χ0n) is 12.6. The Morgan fingerprint density at radius 2 is 1.96 bits per heavy atom. The molecule has 1 fully saturated rings. The number of benzene rings is 1. The van der Waals surface area contributed by atoms with Crippen LogP contribution in [0, 0.1) is 11.8 Å². The summed E-state index contributed by atoms with van der Waals surface area (Å²) in [5.74, 6) is -1.04. The van der Waals surface area contributed by atoms with E-state index in [1.807, 2.05) is 30.3 Å². The van der Waals surface area contributed by atoms with Crippen molar-refractivity contribution in [3.05, 3.63) is 42.3 Å². The topological polar surface area (TPSA) is 92.4 Å². The van der Waals surface area contributed by atoms with Gasteiger partial charge in [0.1, 0.15) is 6.26 Å². The minimum Gasteiger partial charge on any atom is -0.481 e. The van der Waals surface area contributed by atoms with Gasteiger partial charge >= 0.3 is 5.97 Å². The minimum absolute atomic E-state index is 0.113. The van der Waals surface area contributed by atoms with Crippen LogP contribution < -0.4 is 5.32 Å². The highest BCUT2D eigenvalue weighted by molar-refractivity contribution is 5.80. The number of nitrogens with zero attached hydrogens (tertiary/aromatic N) is 1. The van der Waals surface area contributed by atoms with Crippen LogP contribution >= 0.6 is 0 Å². The average molecular weight is 314 g/mol. The SMILES string of the molecule is O=C(O)[C@@H]1CC[C@H](C(=O)NCc2coc(-c3ccccc3)n2)C1. The van der Waals surface area contributed by atoms with Gasteiger partial charge in [-0.05, 0) is 31.4 Å². The van der Waals surface area contributed by atoms with Crippen molar-refractivity contribution >= 4 is 11.9 Å². The maximum Gasteiger partial charge on any atom is 0.306 e. The summed E-state index contributed by atoms with van der Waals surface area (Å²) in [5, 5.41) is 11.8. The van der Waals surface area contributed by atoms with Crippen LogP contribution in [0.2, 0.25) is 0 Å². The first-order valence-corrected chi connectivity index (χ1v) is 7.64. The van der Waals surface area contributed by atoms with Gasteiger partial charge in [0, 0.05) is 11.5 Å². The predicted octanol–water partition coefficient (Wildman–Crippen LogP) is 2.46. The molecule has 0 bridgehead atoms. The molecule has 0 radical (unpaired) electrons. The number of carboxylic acid groups (broad SMARTS) is 1. The summed E-state index contributed by atoms with van der Waals surface area (Å²) >= 11 is 0. The molecule has 3 rings (SSSR count). The molecule has 6 heteroatoms. The lowest BCUT2D eigenvalue weighted by Gasteiger charge is -2.09. The fourth-order valence-electron chi connectivity index (χ4n) is 2.87. The summed E-state index contributed by atoms with van der Waals surface area (Å²) < 4.78 is 5.42. The number of rotatable bonds is 5. The third-order valence-electron chi connectivity index (χ3n) is 4.17. The Bertz CT molecular complexity index is 696. The van der Waals surface area contributed by atoms with Crippen LogP contribution in [0.1, 0.15) is 25.0 Å². The van der Waals surface area contributed by atoms with Crippen molar-refractivity contribution in [3.63, 3.8) is 0 Å². The number of hydrogen-bond acceptors (Lipinski definition) is 4. The first-order chi connectivity index (χ1) is 11.1. The van der Waals surface area contributed by atoms with Crippen LogP contribution in [-0.4, -0.2) is 22.0 Å². The van der Waals surface area contributed by atoms with E-state index in [4.69, 9.17) is 9.52 Å². The van der Waals surface area contributed by atoms with Crippen LogP contribution in [0.5, 0.6) is 0 Å². The fourth-order valence-corrected chi connectivity index (χ4v) is 2.87. The van der Waals surface area contributed by atoms with E-state index in [1.165, 1.54) is 6.26 Å². The number of carboxylic acids is 1. The van der Waals surface area contributed by atoms with E-state index in [0.717, 1.165) is 5.56 Å². The molecule has 1 saturated carbocycles. The van der Waals surface area contributed by atoms with Crippen LogP contribution in [0.4, 0.5) is 0 Å². The van der Waals surface area contributed by atoms with Crippen molar-refractivity contribution in [1.82, 2.24) is 10.3 Å². The highest BCUT2D eigenvalue weighted by Crippen LogP contribution is 2.31. The zero-order valence-corrected chi connectivity index (χ0v) is 12.6. The standard InChI is InChI=1S/C17H18N2O4/c20-15(12-6-7-13(8-12)17(21)22)18-9-14-10-23-16(19-14)11-4-2-1-3-5-11/h1-5,10,12-13H,6-9H2,(H,18,20)(H,21,22)/t12-,13+/m0/s1. The molecule has 1 amide bonds. The van der Waals surface area contributed by atoms with Gasteiger partial charge in [-0.3, -0.25) is 9.59 Å². The Morgan fingerprint density at radius 1 is 1.22 bits per heavy atom. The van der Waals surface area contributed by atoms with Crippen LogP contribution in [0.25, 0.3) is 11.5 Å². The molecule has 0 saturated heterocycles. The van der Waals surface area contributed by atoms with E-state index in [1.54, 1.807) is 0 Å². The molecule has 1 aliphatic carbocycles. The summed E-state index contributed by atoms with van der Waals surface area (Å²) in [5.41, 5.74) is 1.52. The third-order valence-corrected chi connectivity index (χ3v) is 4.17. The number of carbonyl (C=O) groups excluding carboxylic acids is 1. The molecule has 120 valence electrons. The van der Waals surface area contributed by atoms with Gasteiger partial charge in [-0.2, -0.15) is 0 Å². The van der Waals surface area contributed by atoms with E-state index in [9.17, 15) is 9.59 Å². The van der Waals surface area contributed by atoms with Gasteiger partial charge < -0.3 is 14.8 Å². The van der Waals surface area contributed by atoms with Crippen molar-refractivity contribution in [2.75, 3.05) is 0 Å². The molecule has 2 aromatic rings. The molecule has 23 heavy (non-hydrogen) atoms. The highest BCUT2D eigenvalue weighted by atomic mass is 16.4. The Labute approximate surface area is 133 Å². The van der Waals surface area contributed by atoms with E-state index < -0.39 is 11.9 Å². The normalized spacial score (nSPS) is 20.3. The second-order valence-corrected chi connectivity index (χ2v) is 5.77. The molecule has 2 N–H and O–H groups in total. The highest BCUT2D eigenvalue weighted by Gasteiger charge is 2.33. The molecule has 1 aromatic heterocycles. The van der Waals surface area contributed by atoms with Crippen LogP contribution in [0.3, 0.4) is 0 Å². The first kappa shape index (κ1) is 15.3. The number of nitrogens with one attached hydrogen (secondary N) is 1. The molecule has 1 heterocycles. The zero-order chi connectivity index (χ0) is 16.2. The summed E-state index contributed by atoms with van der Waals surface area (Å²) in [7, 11) is 0. The van der Waals surface area contributed by atoms with Crippen molar-refractivity contribution in [2.45, 2.75) is 25.8 Å². The Morgan fingerprint density at radius 3 is 2.65 bits per heavy atom. The Kier molecular flexibility index (Phi) is 4.41. The third kappa shape index (κ3) is 3.59. The predicted molar refractivity (Wildman–Crippen MR) is 82.3 cm³/mol. The Balaban J connectivity index is 1.54. The largest absolute Gasteiger partial charge is 0.481 e. The van der Waals surface area contributed by atoms with Crippen LogP contribution in [0.15, 0.2) is 41.0 Å². The summed E-state index contributed by atoms with van der Waals surface area (Å²) in [6, 6.07) is 9.52. The van der Waals surface area contributed by atoms with Gasteiger partial charge in [0.25, 0.3) is 0 Å². The van der Waals surface area contributed by atoms with E-state index >= 15 is 0 Å². The smallest absolute Gasteiger partial charge is 0.306 e. The van der Waals surface area contributed by atoms with Gasteiger partial charge in [-0.25, -0.2) is 4.98 Å². The van der Waals surface area contributed by atoms with Crippen molar-refractivity contribution < 1.29 is 19.1 Å². The lowest BCUT2D eigenvalue weighted by atomic mass is 10.0. The monoisotopic (exact) mass is 314 g/mol. The second kappa shape index (κ2) is 6.64. The van der Waals surface area contributed by atoms with E-state index in [-0.39, 0.29) is 18.4 Å². The molecular weight excluding hydrogens is 296 g/mol. The first-order valence-electron chi connectivity index (χ1n) is 7.64. The average Bonchev–Trinajstić information content (AvgIpc) is 3.23. The van der Waals surface area contributed by atoms with Crippen molar-refractivity contribution in [3.8, 4) is 11.5 Å². The number of aromatic nitrogens is 1. The molecule has 0 unspecified atom stereocenters. The molecule has 0 spiro atoms. The van der Waals surface area contributed by atoms with Gasteiger partial charge in [-0.15, -0.1) is 0 Å². The Hall–Kier alpha value is -2.63. The van der Waals surface area contributed by atoms with Crippen molar-refractivity contribution in [2.24, 2.45) is 11.8 Å². The molecule has 1 aliphatic rings. The maximum absolute atomic E-state index is 12.1. The van der Waals surface area contributed by atoms with Gasteiger partial charge in [-0.1, -0.05) is 18.2 Å². The number of carbonyl (C=O) groups is 2. The van der Waals surface area contributed by atoms with E-state index in [2.05, 4.69) is 10.3 Å². The van der Waals surface area contributed by atoms with Crippen molar-refractivity contribution in [1.29, 1.82) is 0 Å². The maximum atomic E-state index is 12.1. The molecular formula is C17H18N2O4. The minimum atomic E-state index is -0.815. The molecule has 6 nitrogen and oxygen atoms in total. The van der Waals surface area contributed by atoms with E-state index in [0.29, 0.717) is 30.8 Å². The number of hydrogen-bond donors (Lipinski definition) is 2. The molecule has 1 aromatic carbocycles.